The lowest BCUT2D eigenvalue weighted by Gasteiger charge is -2.25. The van der Waals surface area contributed by atoms with Crippen LogP contribution < -0.4 is 17.0 Å². The van der Waals surface area contributed by atoms with Gasteiger partial charge in [-0.15, -0.1) is 0 Å². The Morgan fingerprint density at radius 1 is 0.471 bits per heavy atom. The first kappa shape index (κ1) is 14.2. The van der Waals surface area contributed by atoms with Gasteiger partial charge in [-0.25, -0.2) is 0 Å². The molecule has 0 radical (unpaired) electrons. The number of rotatable bonds is 3. The molecular formula is C15H27BrS. The highest BCUT2D eigenvalue weighted by atomic mass is 79.9. The molecule has 17 heavy (non-hydrogen) atoms. The summed E-state index contributed by atoms with van der Waals surface area (Å²) in [7, 11) is 0.850. The minimum atomic E-state index is 0. The third-order valence-electron chi connectivity index (χ3n) is 5.06. The van der Waals surface area contributed by atoms with Gasteiger partial charge in [-0.2, -0.15) is 0 Å². The number of halogens is 1. The van der Waals surface area contributed by atoms with Crippen LogP contribution in [0.4, 0.5) is 0 Å². The van der Waals surface area contributed by atoms with Gasteiger partial charge in [-0.3, -0.25) is 0 Å². The summed E-state index contributed by atoms with van der Waals surface area (Å²) >= 11 is 0. The van der Waals surface area contributed by atoms with Crippen molar-refractivity contribution >= 4 is 10.9 Å². The van der Waals surface area contributed by atoms with E-state index in [2.05, 4.69) is 0 Å². The lowest BCUT2D eigenvalue weighted by molar-refractivity contribution is -0.00000332. The van der Waals surface area contributed by atoms with E-state index in [1.54, 1.807) is 77.0 Å². The lowest BCUT2D eigenvalue weighted by Crippen LogP contribution is -3.00. The van der Waals surface area contributed by atoms with Crippen molar-refractivity contribution in [1.29, 1.82) is 0 Å². The Labute approximate surface area is 120 Å². The molecule has 0 aromatic heterocycles. The van der Waals surface area contributed by atoms with E-state index >= 15 is 0 Å². The van der Waals surface area contributed by atoms with E-state index in [0.717, 1.165) is 10.9 Å². The Bertz CT molecular complexity index is 175. The van der Waals surface area contributed by atoms with Crippen molar-refractivity contribution in [2.75, 3.05) is 0 Å². The van der Waals surface area contributed by atoms with E-state index in [4.69, 9.17) is 0 Å². The van der Waals surface area contributed by atoms with E-state index in [1.165, 1.54) is 15.7 Å². The molecule has 100 valence electrons. The van der Waals surface area contributed by atoms with Crippen LogP contribution in [0.1, 0.15) is 77.0 Å². The highest BCUT2D eigenvalue weighted by Crippen LogP contribution is 2.42. The van der Waals surface area contributed by atoms with Crippen LogP contribution in [0.15, 0.2) is 0 Å². The second-order valence-corrected chi connectivity index (χ2v) is 8.94. The van der Waals surface area contributed by atoms with Crippen molar-refractivity contribution in [3.05, 3.63) is 0 Å². The Morgan fingerprint density at radius 2 is 0.706 bits per heavy atom. The van der Waals surface area contributed by atoms with Crippen LogP contribution in [0.2, 0.25) is 0 Å². The van der Waals surface area contributed by atoms with Crippen LogP contribution >= 0.6 is 0 Å². The average molecular weight is 319 g/mol. The summed E-state index contributed by atoms with van der Waals surface area (Å²) in [5.74, 6) is 0. The Balaban J connectivity index is 0.00000108. The van der Waals surface area contributed by atoms with Crippen LogP contribution in [-0.4, -0.2) is 15.7 Å². The molecule has 3 aliphatic rings. The van der Waals surface area contributed by atoms with Crippen LogP contribution in [0.3, 0.4) is 0 Å². The molecule has 3 rings (SSSR count). The van der Waals surface area contributed by atoms with Gasteiger partial charge in [0.15, 0.2) is 0 Å². The van der Waals surface area contributed by atoms with E-state index in [1.807, 2.05) is 0 Å². The summed E-state index contributed by atoms with van der Waals surface area (Å²) in [5.41, 5.74) is 0. The first-order valence-electron chi connectivity index (χ1n) is 7.66. The summed E-state index contributed by atoms with van der Waals surface area (Å²) in [4.78, 5) is 0. The molecule has 0 bridgehead atoms. The topological polar surface area (TPSA) is 0 Å². The van der Waals surface area contributed by atoms with Crippen LogP contribution in [0.5, 0.6) is 0 Å². The van der Waals surface area contributed by atoms with Crippen LogP contribution in [-0.2, 0) is 10.9 Å². The monoisotopic (exact) mass is 318 g/mol. The summed E-state index contributed by atoms with van der Waals surface area (Å²) in [6.45, 7) is 0. The molecule has 0 N–H and O–H groups in total. The predicted molar refractivity (Wildman–Crippen MR) is 74.1 cm³/mol. The molecule has 0 nitrogen and oxygen atoms in total. The molecule has 0 heterocycles. The molecule has 3 aliphatic carbocycles. The van der Waals surface area contributed by atoms with E-state index in [9.17, 15) is 0 Å². The maximum absolute atomic E-state index is 1.59. The zero-order chi connectivity index (χ0) is 10.8. The molecule has 0 unspecified atom stereocenters. The summed E-state index contributed by atoms with van der Waals surface area (Å²) < 4.78 is 0. The molecule has 0 saturated heterocycles. The second kappa shape index (κ2) is 6.84. The molecule has 0 aromatic carbocycles. The molecule has 2 heteroatoms. The molecular weight excluding hydrogens is 292 g/mol. The van der Waals surface area contributed by atoms with E-state index in [-0.39, 0.29) is 17.0 Å². The fraction of sp³-hybridized carbons (Fsp3) is 1.00. The van der Waals surface area contributed by atoms with Crippen LogP contribution in [0, 0.1) is 0 Å². The second-order valence-electron chi connectivity index (χ2n) is 6.13. The van der Waals surface area contributed by atoms with Crippen LogP contribution in [0.25, 0.3) is 0 Å². The Kier molecular flexibility index (Phi) is 5.73. The van der Waals surface area contributed by atoms with Crippen molar-refractivity contribution in [3.63, 3.8) is 0 Å². The zero-order valence-electron chi connectivity index (χ0n) is 11.0. The SMILES string of the molecule is C1CCC([S+](C2CCCC2)C2CCCC2)C1.[Br-]. The van der Waals surface area contributed by atoms with Crippen molar-refractivity contribution in [1.82, 2.24) is 0 Å². The fourth-order valence-electron chi connectivity index (χ4n) is 4.30. The molecule has 0 atom stereocenters. The third kappa shape index (κ3) is 3.23. The molecule has 3 saturated carbocycles. The smallest absolute Gasteiger partial charge is 0.118 e. The maximum atomic E-state index is 1.59. The van der Waals surface area contributed by atoms with Gasteiger partial charge in [0, 0.05) is 0 Å². The first-order valence-corrected chi connectivity index (χ1v) is 9.07. The third-order valence-corrected chi connectivity index (χ3v) is 8.78. The average Bonchev–Trinajstić information content (AvgIpc) is 3.02. The van der Waals surface area contributed by atoms with Gasteiger partial charge in [-0.05, 0) is 87.9 Å². The van der Waals surface area contributed by atoms with Gasteiger partial charge in [0.25, 0.3) is 0 Å². The number of hydrogen-bond donors (Lipinski definition) is 0. The van der Waals surface area contributed by atoms with Gasteiger partial charge in [0.1, 0.15) is 15.7 Å². The molecule has 0 aromatic rings. The Morgan fingerprint density at radius 3 is 0.941 bits per heavy atom. The quantitative estimate of drug-likeness (QED) is 0.691. The zero-order valence-corrected chi connectivity index (χ0v) is 13.4. The molecule has 0 aliphatic heterocycles. The summed E-state index contributed by atoms with van der Waals surface area (Å²) in [5, 5.41) is 3.52. The molecule has 3 fully saturated rings. The lowest BCUT2D eigenvalue weighted by atomic mass is 10.3. The Hall–Kier alpha value is 0.830. The van der Waals surface area contributed by atoms with E-state index < -0.39 is 0 Å². The van der Waals surface area contributed by atoms with Gasteiger partial charge < -0.3 is 17.0 Å². The minimum absolute atomic E-state index is 0. The van der Waals surface area contributed by atoms with Gasteiger partial charge in [0.05, 0.1) is 0 Å². The molecule has 0 spiro atoms. The minimum Gasteiger partial charge on any atom is -1.00 e. The summed E-state index contributed by atoms with van der Waals surface area (Å²) in [6.07, 6.45) is 18.9. The van der Waals surface area contributed by atoms with Gasteiger partial charge >= 0.3 is 0 Å². The number of hydrogen-bond acceptors (Lipinski definition) is 0. The standard InChI is InChI=1S/C15H27S.BrH/c1-2-8-13(7-1)16(14-9-3-4-10-14)15-11-5-6-12-15;/h13-15H,1-12H2;1H/q+1;/p-1. The normalized spacial score (nSPS) is 28.1. The molecule has 0 amide bonds. The first-order chi connectivity index (χ1) is 7.95. The maximum Gasteiger partial charge on any atom is 0.118 e. The van der Waals surface area contributed by atoms with Crippen molar-refractivity contribution in [2.24, 2.45) is 0 Å². The van der Waals surface area contributed by atoms with Crippen molar-refractivity contribution in [2.45, 2.75) is 92.8 Å². The highest BCUT2D eigenvalue weighted by Gasteiger charge is 2.46. The van der Waals surface area contributed by atoms with Gasteiger partial charge in [-0.1, -0.05) is 0 Å². The van der Waals surface area contributed by atoms with Crippen molar-refractivity contribution in [3.8, 4) is 0 Å². The highest BCUT2D eigenvalue weighted by molar-refractivity contribution is 7.98. The largest absolute Gasteiger partial charge is 1.00 e. The fourth-order valence-corrected chi connectivity index (χ4v) is 8.56. The van der Waals surface area contributed by atoms with Gasteiger partial charge in [0.2, 0.25) is 0 Å². The van der Waals surface area contributed by atoms with Crippen molar-refractivity contribution < 1.29 is 17.0 Å². The predicted octanol–water partition coefficient (Wildman–Crippen LogP) is 1.44. The van der Waals surface area contributed by atoms with E-state index in [0.29, 0.717) is 0 Å². The summed E-state index contributed by atoms with van der Waals surface area (Å²) in [6, 6.07) is 0.